The summed E-state index contributed by atoms with van der Waals surface area (Å²) in [6.45, 7) is 3.54. The highest BCUT2D eigenvalue weighted by Crippen LogP contribution is 2.20. The Morgan fingerprint density at radius 2 is 2.24 bits per heavy atom. The van der Waals surface area contributed by atoms with Crippen molar-refractivity contribution in [1.29, 1.82) is 0 Å². The number of rotatable bonds is 7. The quantitative estimate of drug-likeness (QED) is 0.846. The number of hydrogen-bond acceptors (Lipinski definition) is 4. The van der Waals surface area contributed by atoms with Crippen LogP contribution in [0.5, 0.6) is 5.75 Å². The van der Waals surface area contributed by atoms with E-state index in [1.54, 1.807) is 18.0 Å². The predicted molar refractivity (Wildman–Crippen MR) is 82.5 cm³/mol. The van der Waals surface area contributed by atoms with Gasteiger partial charge in [0.25, 0.3) is 5.56 Å². The van der Waals surface area contributed by atoms with Gasteiger partial charge in [-0.25, -0.2) is 4.98 Å². The van der Waals surface area contributed by atoms with Gasteiger partial charge in [-0.1, -0.05) is 19.1 Å². The minimum Gasteiger partial charge on any atom is -0.497 e. The molecular formula is C16H21N3O2. The van der Waals surface area contributed by atoms with Gasteiger partial charge in [0.15, 0.2) is 0 Å². The van der Waals surface area contributed by atoms with Crippen molar-refractivity contribution in [1.82, 2.24) is 14.9 Å². The van der Waals surface area contributed by atoms with E-state index in [-0.39, 0.29) is 11.6 Å². The van der Waals surface area contributed by atoms with E-state index in [1.165, 1.54) is 12.3 Å². The Morgan fingerprint density at radius 1 is 1.38 bits per heavy atom. The molecule has 0 bridgehead atoms. The third kappa shape index (κ3) is 4.16. The molecule has 112 valence electrons. The number of aromatic nitrogens is 2. The van der Waals surface area contributed by atoms with Crippen molar-refractivity contribution in [2.75, 3.05) is 13.7 Å². The molecule has 2 aromatic rings. The maximum absolute atomic E-state index is 11.9. The van der Waals surface area contributed by atoms with Crippen LogP contribution in [0.4, 0.5) is 0 Å². The summed E-state index contributed by atoms with van der Waals surface area (Å²) in [6.07, 6.45) is 4.12. The van der Waals surface area contributed by atoms with Gasteiger partial charge in [-0.15, -0.1) is 0 Å². The van der Waals surface area contributed by atoms with Crippen molar-refractivity contribution in [2.45, 2.75) is 25.9 Å². The van der Waals surface area contributed by atoms with Crippen LogP contribution in [0.2, 0.25) is 0 Å². The van der Waals surface area contributed by atoms with Gasteiger partial charge in [0.05, 0.1) is 19.5 Å². The Morgan fingerprint density at radius 3 is 2.95 bits per heavy atom. The largest absolute Gasteiger partial charge is 0.497 e. The standard InChI is InChI=1S/C16H21N3O2/c1-3-8-18-15(11-19-12-17-9-7-16(19)20)13-5-4-6-14(10-13)21-2/h4-7,9-10,12,15,18H,3,8,11H2,1-2H3. The van der Waals surface area contributed by atoms with Crippen LogP contribution in [0.1, 0.15) is 24.9 Å². The zero-order valence-corrected chi connectivity index (χ0v) is 12.5. The van der Waals surface area contributed by atoms with E-state index in [2.05, 4.69) is 17.2 Å². The van der Waals surface area contributed by atoms with Gasteiger partial charge in [0.2, 0.25) is 0 Å². The van der Waals surface area contributed by atoms with Crippen LogP contribution in [-0.2, 0) is 6.54 Å². The minimum absolute atomic E-state index is 0.0435. The van der Waals surface area contributed by atoms with Gasteiger partial charge in [-0.2, -0.15) is 0 Å². The first-order valence-corrected chi connectivity index (χ1v) is 7.12. The minimum atomic E-state index is -0.0452. The number of nitrogens with one attached hydrogen (secondary N) is 1. The normalized spacial score (nSPS) is 12.1. The molecule has 0 aliphatic rings. The third-order valence-corrected chi connectivity index (χ3v) is 3.31. The number of ether oxygens (including phenoxy) is 1. The molecule has 0 aliphatic carbocycles. The van der Waals surface area contributed by atoms with Crippen molar-refractivity contribution < 1.29 is 4.74 Å². The number of hydrogen-bond donors (Lipinski definition) is 1. The molecule has 0 spiro atoms. The van der Waals surface area contributed by atoms with Crippen molar-refractivity contribution in [3.8, 4) is 5.75 Å². The van der Waals surface area contributed by atoms with Crippen molar-refractivity contribution in [3.63, 3.8) is 0 Å². The van der Waals surface area contributed by atoms with E-state index in [4.69, 9.17) is 4.74 Å². The highest BCUT2D eigenvalue weighted by atomic mass is 16.5. The summed E-state index contributed by atoms with van der Waals surface area (Å²) < 4.78 is 6.89. The summed E-state index contributed by atoms with van der Waals surface area (Å²) in [4.78, 5) is 15.9. The first-order valence-electron chi connectivity index (χ1n) is 7.12. The second-order valence-corrected chi connectivity index (χ2v) is 4.85. The average Bonchev–Trinajstić information content (AvgIpc) is 2.53. The van der Waals surface area contributed by atoms with Crippen LogP contribution in [0.3, 0.4) is 0 Å². The molecule has 0 saturated heterocycles. The monoisotopic (exact) mass is 287 g/mol. The first kappa shape index (κ1) is 15.3. The molecule has 1 atom stereocenters. The molecular weight excluding hydrogens is 266 g/mol. The third-order valence-electron chi connectivity index (χ3n) is 3.31. The lowest BCUT2D eigenvalue weighted by Crippen LogP contribution is -2.30. The molecule has 1 heterocycles. The van der Waals surface area contributed by atoms with Crippen LogP contribution in [0, 0.1) is 0 Å². The fourth-order valence-electron chi connectivity index (χ4n) is 2.18. The van der Waals surface area contributed by atoms with E-state index >= 15 is 0 Å². The second kappa shape index (κ2) is 7.59. The predicted octanol–water partition coefficient (Wildman–Crippen LogP) is 1.99. The van der Waals surface area contributed by atoms with Crippen molar-refractivity contribution in [3.05, 3.63) is 58.8 Å². The van der Waals surface area contributed by atoms with Crippen LogP contribution in [-0.4, -0.2) is 23.2 Å². The molecule has 0 radical (unpaired) electrons. The van der Waals surface area contributed by atoms with E-state index in [1.807, 2.05) is 24.3 Å². The molecule has 1 aromatic heterocycles. The number of nitrogens with zero attached hydrogens (tertiary/aromatic N) is 2. The SMILES string of the molecule is CCCNC(Cn1cnccc1=O)c1cccc(OC)c1. The van der Waals surface area contributed by atoms with Gasteiger partial charge in [-0.05, 0) is 30.7 Å². The number of methoxy groups -OCH3 is 1. The van der Waals surface area contributed by atoms with E-state index in [0.717, 1.165) is 24.3 Å². The Hall–Kier alpha value is -2.14. The molecule has 0 fully saturated rings. The summed E-state index contributed by atoms with van der Waals surface area (Å²) >= 11 is 0. The molecule has 21 heavy (non-hydrogen) atoms. The zero-order chi connectivity index (χ0) is 15.1. The van der Waals surface area contributed by atoms with Crippen LogP contribution in [0.25, 0.3) is 0 Å². The van der Waals surface area contributed by atoms with Crippen LogP contribution in [0.15, 0.2) is 47.7 Å². The summed E-state index contributed by atoms with van der Waals surface area (Å²) in [7, 11) is 1.65. The molecule has 0 saturated carbocycles. The fraction of sp³-hybridized carbons (Fsp3) is 0.375. The molecule has 2 rings (SSSR count). The highest BCUT2D eigenvalue weighted by Gasteiger charge is 2.13. The van der Waals surface area contributed by atoms with Crippen molar-refractivity contribution in [2.24, 2.45) is 0 Å². The summed E-state index contributed by atoms with van der Waals surface area (Å²) in [6, 6.07) is 9.42. The molecule has 5 heteroatoms. The average molecular weight is 287 g/mol. The van der Waals surface area contributed by atoms with E-state index in [9.17, 15) is 4.79 Å². The van der Waals surface area contributed by atoms with Gasteiger partial charge < -0.3 is 10.1 Å². The second-order valence-electron chi connectivity index (χ2n) is 4.85. The molecule has 1 aromatic carbocycles. The smallest absolute Gasteiger partial charge is 0.253 e. The summed E-state index contributed by atoms with van der Waals surface area (Å²) in [5, 5.41) is 3.47. The fourth-order valence-corrected chi connectivity index (χ4v) is 2.18. The van der Waals surface area contributed by atoms with Crippen molar-refractivity contribution >= 4 is 0 Å². The lowest BCUT2D eigenvalue weighted by molar-refractivity contribution is 0.410. The molecule has 0 aliphatic heterocycles. The molecule has 5 nitrogen and oxygen atoms in total. The van der Waals surface area contributed by atoms with Gasteiger partial charge in [0, 0.05) is 18.8 Å². The van der Waals surface area contributed by atoms with E-state index in [0.29, 0.717) is 6.54 Å². The topological polar surface area (TPSA) is 56.2 Å². The first-order chi connectivity index (χ1) is 10.2. The molecule has 1 N–H and O–H groups in total. The maximum atomic E-state index is 11.9. The van der Waals surface area contributed by atoms with Gasteiger partial charge in [0.1, 0.15) is 5.75 Å². The Bertz CT molecular complexity index is 625. The van der Waals surface area contributed by atoms with Crippen LogP contribution >= 0.6 is 0 Å². The Balaban J connectivity index is 2.25. The zero-order valence-electron chi connectivity index (χ0n) is 12.5. The van der Waals surface area contributed by atoms with Gasteiger partial charge >= 0.3 is 0 Å². The number of benzene rings is 1. The van der Waals surface area contributed by atoms with E-state index < -0.39 is 0 Å². The summed E-state index contributed by atoms with van der Waals surface area (Å²) in [5.41, 5.74) is 1.05. The Kier molecular flexibility index (Phi) is 5.51. The summed E-state index contributed by atoms with van der Waals surface area (Å²) in [5.74, 6) is 0.814. The van der Waals surface area contributed by atoms with Crippen LogP contribution < -0.4 is 15.6 Å². The maximum Gasteiger partial charge on any atom is 0.253 e. The lowest BCUT2D eigenvalue weighted by atomic mass is 10.1. The molecule has 1 unspecified atom stereocenters. The van der Waals surface area contributed by atoms with Gasteiger partial charge in [-0.3, -0.25) is 9.36 Å². The highest BCUT2D eigenvalue weighted by molar-refractivity contribution is 5.30. The Labute approximate surface area is 124 Å². The lowest BCUT2D eigenvalue weighted by Gasteiger charge is -2.20. The molecule has 0 amide bonds.